The Morgan fingerprint density at radius 3 is 1.97 bits per heavy atom. The van der Waals surface area contributed by atoms with Crippen LogP contribution >= 0.6 is 0 Å². The predicted molar refractivity (Wildman–Crippen MR) is 153 cm³/mol. The van der Waals surface area contributed by atoms with Crippen molar-refractivity contribution in [2.24, 2.45) is 0 Å². The molecule has 39 heavy (non-hydrogen) atoms. The first-order valence-electron chi connectivity index (χ1n) is 13.1. The standard InChI is InChI=1S/C31H34N4O4/c1-31(2,3)39-30(38)35-19-23(21-13-8-10-15-25(21)35)27-26(28(36)33(6)29(27)37)22-18-34(17-11-16-32(4)5)24-14-9-7-12-20(22)24/h7-10,12-15,18-19H,11,16-17H2,1-6H3. The Morgan fingerprint density at radius 2 is 1.38 bits per heavy atom. The molecule has 0 unspecified atom stereocenters. The van der Waals surface area contributed by atoms with E-state index in [4.69, 9.17) is 4.74 Å². The number of para-hydroxylation sites is 2. The number of carbonyl (C=O) groups excluding carboxylic acids is 3. The molecule has 0 saturated heterocycles. The number of imide groups is 1. The summed E-state index contributed by atoms with van der Waals surface area (Å²) in [5.41, 5.74) is 2.79. The van der Waals surface area contributed by atoms with Crippen LogP contribution in [0.1, 0.15) is 38.3 Å². The van der Waals surface area contributed by atoms with Crippen LogP contribution in [0.5, 0.6) is 0 Å². The number of ether oxygens (including phenoxy) is 1. The largest absolute Gasteiger partial charge is 0.443 e. The molecule has 0 spiro atoms. The van der Waals surface area contributed by atoms with Crippen molar-refractivity contribution >= 4 is 50.9 Å². The SMILES string of the molecule is CN(C)CCCn1cc(C2=C(c3cn(C(=O)OC(C)(C)C)c4ccccc34)C(=O)N(C)C2=O)c2ccccc21. The molecule has 5 rings (SSSR count). The van der Waals surface area contributed by atoms with Crippen LogP contribution in [0.25, 0.3) is 33.0 Å². The third-order valence-electron chi connectivity index (χ3n) is 6.92. The van der Waals surface area contributed by atoms with E-state index in [1.807, 2.05) is 68.8 Å². The molecular weight excluding hydrogens is 492 g/mol. The van der Waals surface area contributed by atoms with Gasteiger partial charge in [0.25, 0.3) is 11.8 Å². The number of aromatic nitrogens is 2. The number of rotatable bonds is 6. The number of fused-ring (bicyclic) bond motifs is 2. The van der Waals surface area contributed by atoms with Crippen molar-refractivity contribution in [1.29, 1.82) is 0 Å². The lowest BCUT2D eigenvalue weighted by molar-refractivity contribution is -0.134. The summed E-state index contributed by atoms with van der Waals surface area (Å²) in [5, 5.41) is 1.60. The summed E-state index contributed by atoms with van der Waals surface area (Å²) < 4.78 is 9.21. The summed E-state index contributed by atoms with van der Waals surface area (Å²) in [5.74, 6) is -0.758. The van der Waals surface area contributed by atoms with Gasteiger partial charge in [-0.25, -0.2) is 4.79 Å². The summed E-state index contributed by atoms with van der Waals surface area (Å²) in [6.45, 7) is 7.12. The van der Waals surface area contributed by atoms with Crippen molar-refractivity contribution < 1.29 is 19.1 Å². The zero-order chi connectivity index (χ0) is 28.1. The van der Waals surface area contributed by atoms with Crippen LogP contribution < -0.4 is 0 Å². The van der Waals surface area contributed by atoms with E-state index in [1.54, 1.807) is 27.0 Å². The van der Waals surface area contributed by atoms with Crippen LogP contribution in [0.4, 0.5) is 4.79 Å². The molecule has 2 aromatic carbocycles. The molecule has 4 aromatic rings. The van der Waals surface area contributed by atoms with E-state index in [0.29, 0.717) is 27.6 Å². The number of amides is 2. The molecule has 1 aliphatic rings. The Labute approximate surface area is 228 Å². The predicted octanol–water partition coefficient (Wildman–Crippen LogP) is 5.24. The number of benzene rings is 2. The van der Waals surface area contributed by atoms with Gasteiger partial charge in [0, 0.05) is 53.4 Å². The molecule has 3 heterocycles. The highest BCUT2D eigenvalue weighted by Crippen LogP contribution is 2.41. The van der Waals surface area contributed by atoms with Gasteiger partial charge in [0.15, 0.2) is 0 Å². The van der Waals surface area contributed by atoms with E-state index in [-0.39, 0.29) is 11.5 Å². The first-order chi connectivity index (χ1) is 18.5. The zero-order valence-electron chi connectivity index (χ0n) is 23.3. The molecule has 202 valence electrons. The van der Waals surface area contributed by atoms with E-state index in [2.05, 4.69) is 9.47 Å². The minimum Gasteiger partial charge on any atom is -0.443 e. The summed E-state index contributed by atoms with van der Waals surface area (Å²) in [6, 6.07) is 15.3. The monoisotopic (exact) mass is 526 g/mol. The van der Waals surface area contributed by atoms with Gasteiger partial charge in [-0.3, -0.25) is 19.1 Å². The quantitative estimate of drug-likeness (QED) is 0.321. The second-order valence-corrected chi connectivity index (χ2v) is 11.2. The molecule has 2 aromatic heterocycles. The molecule has 0 fully saturated rings. The van der Waals surface area contributed by atoms with E-state index in [1.165, 1.54) is 11.6 Å². The zero-order valence-corrected chi connectivity index (χ0v) is 23.3. The Morgan fingerprint density at radius 1 is 0.846 bits per heavy atom. The first-order valence-corrected chi connectivity index (χ1v) is 13.1. The Hall–Kier alpha value is -4.17. The van der Waals surface area contributed by atoms with Gasteiger partial charge in [-0.15, -0.1) is 0 Å². The third kappa shape index (κ3) is 4.76. The number of carbonyl (C=O) groups is 3. The summed E-state index contributed by atoms with van der Waals surface area (Å²) in [4.78, 5) is 43.7. The number of hydrogen-bond acceptors (Lipinski definition) is 5. The molecule has 0 radical (unpaired) electrons. The summed E-state index contributed by atoms with van der Waals surface area (Å²) in [7, 11) is 5.59. The van der Waals surface area contributed by atoms with Crippen LogP contribution in [-0.2, 0) is 20.9 Å². The molecule has 0 aliphatic carbocycles. The van der Waals surface area contributed by atoms with E-state index < -0.39 is 17.6 Å². The topological polar surface area (TPSA) is 76.8 Å². The average molecular weight is 527 g/mol. The second-order valence-electron chi connectivity index (χ2n) is 11.2. The van der Waals surface area contributed by atoms with Gasteiger partial charge in [-0.2, -0.15) is 0 Å². The Bertz CT molecular complexity index is 1650. The van der Waals surface area contributed by atoms with E-state index in [9.17, 15) is 14.4 Å². The Balaban J connectivity index is 1.73. The van der Waals surface area contributed by atoms with Crippen molar-refractivity contribution in [2.45, 2.75) is 39.3 Å². The minimum absolute atomic E-state index is 0.289. The number of nitrogens with zero attached hydrogens (tertiary/aromatic N) is 4. The molecular formula is C31H34N4O4. The van der Waals surface area contributed by atoms with E-state index >= 15 is 0 Å². The lowest BCUT2D eigenvalue weighted by atomic mass is 9.95. The molecule has 0 atom stereocenters. The van der Waals surface area contributed by atoms with Crippen LogP contribution in [-0.4, -0.2) is 70.1 Å². The minimum atomic E-state index is -0.694. The molecule has 0 N–H and O–H groups in total. The van der Waals surface area contributed by atoms with Crippen molar-refractivity contribution in [2.75, 3.05) is 27.7 Å². The van der Waals surface area contributed by atoms with Gasteiger partial charge in [-0.1, -0.05) is 36.4 Å². The lowest BCUT2D eigenvalue weighted by Crippen LogP contribution is -2.27. The molecule has 2 amide bonds. The van der Waals surface area contributed by atoms with Crippen molar-refractivity contribution in [3.05, 3.63) is 72.1 Å². The molecule has 0 saturated carbocycles. The van der Waals surface area contributed by atoms with Gasteiger partial charge < -0.3 is 14.2 Å². The van der Waals surface area contributed by atoms with Crippen LogP contribution in [0.3, 0.4) is 0 Å². The van der Waals surface area contributed by atoms with Gasteiger partial charge in [0.2, 0.25) is 0 Å². The highest BCUT2D eigenvalue weighted by molar-refractivity contribution is 6.50. The van der Waals surface area contributed by atoms with Crippen LogP contribution in [0.2, 0.25) is 0 Å². The van der Waals surface area contributed by atoms with Crippen LogP contribution in [0.15, 0.2) is 60.9 Å². The lowest BCUT2D eigenvalue weighted by Gasteiger charge is -2.19. The van der Waals surface area contributed by atoms with Gasteiger partial charge in [0.1, 0.15) is 5.60 Å². The van der Waals surface area contributed by atoms with Crippen LogP contribution in [0, 0.1) is 0 Å². The van der Waals surface area contributed by atoms with E-state index in [0.717, 1.165) is 35.3 Å². The molecule has 8 nitrogen and oxygen atoms in total. The summed E-state index contributed by atoms with van der Waals surface area (Å²) in [6.07, 6.45) is 3.99. The maximum atomic E-state index is 13.7. The molecule has 1 aliphatic heterocycles. The highest BCUT2D eigenvalue weighted by atomic mass is 16.6. The molecule has 0 bridgehead atoms. The Kier molecular flexibility index (Phi) is 6.68. The fourth-order valence-corrected chi connectivity index (χ4v) is 5.17. The first kappa shape index (κ1) is 26.4. The van der Waals surface area contributed by atoms with Crippen molar-refractivity contribution in [3.8, 4) is 0 Å². The number of aryl methyl sites for hydroxylation is 1. The normalized spacial score (nSPS) is 14.5. The smallest absolute Gasteiger partial charge is 0.419 e. The van der Waals surface area contributed by atoms with Gasteiger partial charge in [-0.05, 0) is 60.0 Å². The number of likely N-dealkylation sites (N-methyl/N-ethyl adjacent to an activating group) is 1. The third-order valence-corrected chi connectivity index (χ3v) is 6.92. The fourth-order valence-electron chi connectivity index (χ4n) is 5.17. The average Bonchev–Trinajstić information content (AvgIpc) is 3.50. The number of hydrogen-bond donors (Lipinski definition) is 0. The maximum absolute atomic E-state index is 13.7. The van der Waals surface area contributed by atoms with Crippen molar-refractivity contribution in [3.63, 3.8) is 0 Å². The molecule has 8 heteroatoms. The van der Waals surface area contributed by atoms with Gasteiger partial charge in [0.05, 0.1) is 16.7 Å². The summed E-state index contributed by atoms with van der Waals surface area (Å²) >= 11 is 0. The maximum Gasteiger partial charge on any atom is 0.419 e. The fraction of sp³-hybridized carbons (Fsp3) is 0.323. The highest BCUT2D eigenvalue weighted by Gasteiger charge is 2.40. The van der Waals surface area contributed by atoms with Crippen molar-refractivity contribution in [1.82, 2.24) is 18.9 Å². The second kappa shape index (κ2) is 9.85. The van der Waals surface area contributed by atoms with Gasteiger partial charge >= 0.3 is 6.09 Å².